The van der Waals surface area contributed by atoms with Gasteiger partial charge in [-0.05, 0) is 61.7 Å². The predicted octanol–water partition coefficient (Wildman–Crippen LogP) is 3.42. The molecular weight excluding hydrogens is 312 g/mol. The highest BCUT2D eigenvalue weighted by molar-refractivity contribution is 6.30. The highest BCUT2D eigenvalue weighted by Gasteiger charge is 2.33. The highest BCUT2D eigenvalue weighted by Crippen LogP contribution is 2.27. The van der Waals surface area contributed by atoms with Gasteiger partial charge in [-0.15, -0.1) is 0 Å². The second kappa shape index (κ2) is 6.02. The molecule has 4 nitrogen and oxygen atoms in total. The fraction of sp³-hybridized carbons (Fsp3) is 0.389. The van der Waals surface area contributed by atoms with E-state index in [4.69, 9.17) is 16.0 Å². The molecule has 2 aromatic rings. The zero-order chi connectivity index (χ0) is 15.8. The average Bonchev–Trinajstić information content (AvgIpc) is 3.15. The van der Waals surface area contributed by atoms with Gasteiger partial charge in [0.15, 0.2) is 5.76 Å². The van der Waals surface area contributed by atoms with Crippen LogP contribution in [0.4, 0.5) is 0 Å². The first-order valence-corrected chi connectivity index (χ1v) is 8.44. The minimum atomic E-state index is -0.127. The van der Waals surface area contributed by atoms with Crippen LogP contribution < -0.4 is 5.32 Å². The molecule has 2 aliphatic heterocycles. The highest BCUT2D eigenvalue weighted by atomic mass is 35.5. The Morgan fingerprint density at radius 1 is 1.17 bits per heavy atom. The van der Waals surface area contributed by atoms with E-state index in [2.05, 4.69) is 10.2 Å². The topological polar surface area (TPSA) is 45.5 Å². The molecule has 2 fully saturated rings. The number of carbonyl (C=O) groups excluding carboxylic acids is 1. The number of piperidine rings is 1. The number of carbonyl (C=O) groups is 1. The van der Waals surface area contributed by atoms with Gasteiger partial charge in [0.05, 0.1) is 0 Å². The summed E-state index contributed by atoms with van der Waals surface area (Å²) >= 11 is 5.89. The number of halogens is 1. The van der Waals surface area contributed by atoms with E-state index in [0.29, 0.717) is 16.5 Å². The number of rotatable bonds is 3. The zero-order valence-corrected chi connectivity index (χ0v) is 13.6. The molecule has 4 rings (SSSR count). The van der Waals surface area contributed by atoms with Crippen LogP contribution in [-0.4, -0.2) is 36.5 Å². The first-order valence-electron chi connectivity index (χ1n) is 8.06. The molecule has 5 heteroatoms. The first kappa shape index (κ1) is 14.8. The SMILES string of the molecule is O=C(NC1CC2CCN(C2)C1)c1ccc(-c2ccc(Cl)cc2)o1. The van der Waals surface area contributed by atoms with Crippen LogP contribution in [-0.2, 0) is 0 Å². The van der Waals surface area contributed by atoms with Gasteiger partial charge >= 0.3 is 0 Å². The molecule has 0 radical (unpaired) electrons. The fourth-order valence-corrected chi connectivity index (χ4v) is 3.78. The Morgan fingerprint density at radius 2 is 2.00 bits per heavy atom. The lowest BCUT2D eigenvalue weighted by Gasteiger charge is -2.30. The van der Waals surface area contributed by atoms with Crippen molar-refractivity contribution in [3.05, 3.63) is 47.2 Å². The summed E-state index contributed by atoms with van der Waals surface area (Å²) in [5, 5.41) is 3.80. The van der Waals surface area contributed by atoms with Gasteiger partial charge < -0.3 is 14.6 Å². The van der Waals surface area contributed by atoms with Crippen LogP contribution in [0.3, 0.4) is 0 Å². The number of benzene rings is 1. The third-order valence-corrected chi connectivity index (χ3v) is 5.01. The number of furan rings is 1. The molecule has 2 bridgehead atoms. The van der Waals surface area contributed by atoms with Crippen LogP contribution in [0, 0.1) is 5.92 Å². The quantitative estimate of drug-likeness (QED) is 0.938. The Bertz CT molecular complexity index is 698. The summed E-state index contributed by atoms with van der Waals surface area (Å²) < 4.78 is 5.71. The van der Waals surface area contributed by atoms with E-state index in [1.165, 1.54) is 19.5 Å². The van der Waals surface area contributed by atoms with Crippen molar-refractivity contribution < 1.29 is 9.21 Å². The molecule has 2 saturated heterocycles. The van der Waals surface area contributed by atoms with Gasteiger partial charge in [0.25, 0.3) is 5.91 Å². The third-order valence-electron chi connectivity index (χ3n) is 4.76. The summed E-state index contributed by atoms with van der Waals surface area (Å²) in [5.74, 6) is 1.65. The van der Waals surface area contributed by atoms with E-state index < -0.39 is 0 Å². The molecule has 1 amide bonds. The second-order valence-corrected chi connectivity index (χ2v) is 6.93. The maximum atomic E-state index is 12.4. The number of amides is 1. The first-order chi connectivity index (χ1) is 11.2. The second-order valence-electron chi connectivity index (χ2n) is 6.49. The Balaban J connectivity index is 1.44. The number of fused-ring (bicyclic) bond motifs is 2. The van der Waals surface area contributed by atoms with Gasteiger partial charge in [-0.25, -0.2) is 0 Å². The molecule has 3 unspecified atom stereocenters. The van der Waals surface area contributed by atoms with E-state index in [-0.39, 0.29) is 11.9 Å². The number of nitrogens with zero attached hydrogens (tertiary/aromatic N) is 1. The van der Waals surface area contributed by atoms with Crippen molar-refractivity contribution >= 4 is 17.5 Å². The molecule has 2 aliphatic rings. The van der Waals surface area contributed by atoms with Gasteiger partial charge in [0.1, 0.15) is 5.76 Å². The van der Waals surface area contributed by atoms with Crippen LogP contribution in [0.15, 0.2) is 40.8 Å². The molecule has 1 aromatic carbocycles. The minimum Gasteiger partial charge on any atom is -0.451 e. The summed E-state index contributed by atoms with van der Waals surface area (Å²) in [6.07, 6.45) is 2.33. The Labute approximate surface area is 140 Å². The summed E-state index contributed by atoms with van der Waals surface area (Å²) in [7, 11) is 0. The lowest BCUT2D eigenvalue weighted by molar-refractivity contribution is 0.0882. The van der Waals surface area contributed by atoms with Gasteiger partial charge in [-0.2, -0.15) is 0 Å². The van der Waals surface area contributed by atoms with Gasteiger partial charge in [-0.3, -0.25) is 4.79 Å². The van der Waals surface area contributed by atoms with Crippen molar-refractivity contribution in [2.24, 2.45) is 5.92 Å². The Hall–Kier alpha value is -1.78. The predicted molar refractivity (Wildman–Crippen MR) is 89.6 cm³/mol. The van der Waals surface area contributed by atoms with Crippen molar-refractivity contribution in [1.29, 1.82) is 0 Å². The Morgan fingerprint density at radius 3 is 2.78 bits per heavy atom. The van der Waals surface area contributed by atoms with E-state index in [1.807, 2.05) is 30.3 Å². The molecule has 120 valence electrons. The summed E-state index contributed by atoms with van der Waals surface area (Å²) in [5.41, 5.74) is 0.912. The van der Waals surface area contributed by atoms with Crippen molar-refractivity contribution in [3.8, 4) is 11.3 Å². The summed E-state index contributed by atoms with van der Waals surface area (Å²) in [6, 6.07) is 11.2. The van der Waals surface area contributed by atoms with Crippen LogP contribution >= 0.6 is 11.6 Å². The number of hydrogen-bond donors (Lipinski definition) is 1. The largest absolute Gasteiger partial charge is 0.451 e. The zero-order valence-electron chi connectivity index (χ0n) is 12.8. The maximum Gasteiger partial charge on any atom is 0.287 e. The van der Waals surface area contributed by atoms with Gasteiger partial charge in [0, 0.05) is 29.7 Å². The third kappa shape index (κ3) is 3.14. The van der Waals surface area contributed by atoms with Crippen LogP contribution in [0.1, 0.15) is 23.4 Å². The minimum absolute atomic E-state index is 0.127. The van der Waals surface area contributed by atoms with Crippen molar-refractivity contribution in [3.63, 3.8) is 0 Å². The lowest BCUT2D eigenvalue weighted by Crippen LogP contribution is -2.46. The van der Waals surface area contributed by atoms with Gasteiger partial charge in [0.2, 0.25) is 0 Å². The molecule has 3 heterocycles. The van der Waals surface area contributed by atoms with E-state index in [1.54, 1.807) is 6.07 Å². The fourth-order valence-electron chi connectivity index (χ4n) is 3.65. The van der Waals surface area contributed by atoms with Crippen molar-refractivity contribution in [2.75, 3.05) is 19.6 Å². The van der Waals surface area contributed by atoms with E-state index >= 15 is 0 Å². The normalized spacial score (nSPS) is 26.2. The summed E-state index contributed by atoms with van der Waals surface area (Å²) in [4.78, 5) is 14.8. The lowest BCUT2D eigenvalue weighted by atomic mass is 9.97. The van der Waals surface area contributed by atoms with E-state index in [9.17, 15) is 4.79 Å². The molecule has 23 heavy (non-hydrogen) atoms. The standard InChI is InChI=1S/C18H19ClN2O2/c19-14-3-1-13(2-4-14)16-5-6-17(23-16)18(22)20-15-9-12-7-8-21(10-12)11-15/h1-6,12,15H,7-11H2,(H,20,22). The monoisotopic (exact) mass is 330 g/mol. The summed E-state index contributed by atoms with van der Waals surface area (Å²) in [6.45, 7) is 3.30. The van der Waals surface area contributed by atoms with Crippen LogP contribution in [0.5, 0.6) is 0 Å². The van der Waals surface area contributed by atoms with Crippen molar-refractivity contribution in [2.45, 2.75) is 18.9 Å². The Kier molecular flexibility index (Phi) is 3.87. The molecule has 0 spiro atoms. The van der Waals surface area contributed by atoms with Crippen molar-refractivity contribution in [1.82, 2.24) is 10.2 Å². The molecule has 0 saturated carbocycles. The molecular formula is C18H19ClN2O2. The maximum absolute atomic E-state index is 12.4. The molecule has 1 N–H and O–H groups in total. The molecule has 1 aromatic heterocycles. The smallest absolute Gasteiger partial charge is 0.287 e. The number of hydrogen-bond acceptors (Lipinski definition) is 3. The van der Waals surface area contributed by atoms with Gasteiger partial charge in [-0.1, -0.05) is 11.6 Å². The average molecular weight is 331 g/mol. The van der Waals surface area contributed by atoms with Crippen LogP contribution in [0.25, 0.3) is 11.3 Å². The molecule has 0 aliphatic carbocycles. The van der Waals surface area contributed by atoms with Crippen LogP contribution in [0.2, 0.25) is 5.02 Å². The number of nitrogens with one attached hydrogen (secondary N) is 1. The molecule has 3 atom stereocenters. The van der Waals surface area contributed by atoms with E-state index in [0.717, 1.165) is 24.4 Å².